The Morgan fingerprint density at radius 3 is 2.50 bits per heavy atom. The molecule has 0 atom stereocenters. The van der Waals surface area contributed by atoms with Gasteiger partial charge in [0.05, 0.1) is 5.69 Å². The number of nitrogens with zero attached hydrogens (tertiary/aromatic N) is 3. The molecule has 0 saturated heterocycles. The minimum Gasteiger partial charge on any atom is -0.481 e. The van der Waals surface area contributed by atoms with Gasteiger partial charge in [0.15, 0.2) is 0 Å². The van der Waals surface area contributed by atoms with Crippen LogP contribution in [0.15, 0.2) is 87.9 Å². The Labute approximate surface area is 254 Å². The van der Waals surface area contributed by atoms with Crippen molar-refractivity contribution in [2.75, 3.05) is 17.3 Å². The average molecular weight is 597 g/mol. The van der Waals surface area contributed by atoms with Crippen molar-refractivity contribution in [1.82, 2.24) is 5.16 Å². The number of aliphatic carboxylic acids is 1. The second-order valence-electron chi connectivity index (χ2n) is 10.1. The number of amides is 1. The van der Waals surface area contributed by atoms with E-state index in [4.69, 9.17) is 14.6 Å². The Balaban J connectivity index is 1.62. The third-order valence-electron chi connectivity index (χ3n) is 6.94. The molecule has 0 saturated carbocycles. The smallest absolute Gasteiger partial charge is 0.303 e. The lowest BCUT2D eigenvalue weighted by Crippen LogP contribution is -2.29. The number of halogens is 1. The Kier molecular flexibility index (Phi) is 10.9. The molecule has 226 valence electrons. The summed E-state index contributed by atoms with van der Waals surface area (Å²) in [6, 6.07) is 20.5. The zero-order valence-corrected chi connectivity index (χ0v) is 24.5. The number of aliphatic imine (C=N–C) groups is 1. The molecule has 1 amide bonds. The number of aldehydes is 1. The average Bonchev–Trinajstić information content (AvgIpc) is 3.49. The molecule has 0 aliphatic carbocycles. The summed E-state index contributed by atoms with van der Waals surface area (Å²) in [4.78, 5) is 41.2. The van der Waals surface area contributed by atoms with Crippen LogP contribution >= 0.6 is 0 Å². The molecule has 2 N–H and O–H groups in total. The lowest BCUT2D eigenvalue weighted by Gasteiger charge is -2.20. The van der Waals surface area contributed by atoms with Gasteiger partial charge >= 0.3 is 5.97 Å². The van der Waals surface area contributed by atoms with Crippen LogP contribution in [0.4, 0.5) is 21.5 Å². The number of hydrogen-bond donors (Lipinski definition) is 2. The largest absolute Gasteiger partial charge is 0.481 e. The number of anilines is 2. The van der Waals surface area contributed by atoms with Crippen LogP contribution < -0.4 is 10.2 Å². The quantitative estimate of drug-likeness (QED) is 0.0528. The summed E-state index contributed by atoms with van der Waals surface area (Å²) in [6.07, 6.45) is 4.66. The number of allylic oxidation sites excluding steroid dienone is 1. The lowest BCUT2D eigenvalue weighted by molar-refractivity contribution is -0.137. The minimum atomic E-state index is -0.900. The maximum absolute atomic E-state index is 13.6. The van der Waals surface area contributed by atoms with Gasteiger partial charge in [-0.2, -0.15) is 0 Å². The third-order valence-corrected chi connectivity index (χ3v) is 6.94. The van der Waals surface area contributed by atoms with Crippen LogP contribution in [0.2, 0.25) is 0 Å². The van der Waals surface area contributed by atoms with Crippen LogP contribution in [-0.4, -0.2) is 41.8 Å². The molecule has 0 spiro atoms. The van der Waals surface area contributed by atoms with E-state index in [2.05, 4.69) is 10.5 Å². The highest BCUT2D eigenvalue weighted by Gasteiger charge is 2.16. The molecule has 4 aromatic rings. The summed E-state index contributed by atoms with van der Waals surface area (Å²) in [5.41, 5.74) is 5.40. The van der Waals surface area contributed by atoms with E-state index in [1.807, 2.05) is 56.4 Å². The molecule has 44 heavy (non-hydrogen) atoms. The first-order valence-electron chi connectivity index (χ1n) is 14.1. The number of hydrogen-bond acceptors (Lipinski definition) is 7. The molecule has 0 unspecified atom stereocenters. The van der Waals surface area contributed by atoms with Crippen molar-refractivity contribution in [2.45, 2.75) is 39.0 Å². The van der Waals surface area contributed by atoms with E-state index >= 15 is 0 Å². The fraction of sp³-hybridized carbons (Fsp3) is 0.206. The van der Waals surface area contributed by atoms with Gasteiger partial charge in [-0.25, -0.2) is 9.38 Å². The number of amidine groups is 1. The van der Waals surface area contributed by atoms with Crippen molar-refractivity contribution in [3.63, 3.8) is 0 Å². The summed E-state index contributed by atoms with van der Waals surface area (Å²) in [7, 11) is 1.82. The Morgan fingerprint density at radius 2 is 1.80 bits per heavy atom. The van der Waals surface area contributed by atoms with Gasteiger partial charge in [0.1, 0.15) is 29.4 Å². The summed E-state index contributed by atoms with van der Waals surface area (Å²) >= 11 is 0. The predicted molar refractivity (Wildman–Crippen MR) is 169 cm³/mol. The molecule has 4 rings (SSSR count). The second-order valence-corrected chi connectivity index (χ2v) is 10.1. The Bertz CT molecular complexity index is 1680. The van der Waals surface area contributed by atoms with Gasteiger partial charge < -0.3 is 14.9 Å². The van der Waals surface area contributed by atoms with Crippen molar-refractivity contribution in [3.05, 3.63) is 101 Å². The zero-order valence-electron chi connectivity index (χ0n) is 24.5. The van der Waals surface area contributed by atoms with Crippen LogP contribution in [0.1, 0.15) is 42.6 Å². The molecule has 10 heteroatoms. The van der Waals surface area contributed by atoms with Gasteiger partial charge in [-0.05, 0) is 73.4 Å². The summed E-state index contributed by atoms with van der Waals surface area (Å²) in [5.74, 6) is -0.439. The highest BCUT2D eigenvalue weighted by atomic mass is 19.1. The normalized spacial score (nSPS) is 11.7. The summed E-state index contributed by atoms with van der Waals surface area (Å²) < 4.78 is 19.1. The Hall–Kier alpha value is -5.38. The summed E-state index contributed by atoms with van der Waals surface area (Å²) in [6.45, 7) is 1.88. The fourth-order valence-corrected chi connectivity index (χ4v) is 4.60. The zero-order chi connectivity index (χ0) is 31.5. The van der Waals surface area contributed by atoms with Gasteiger partial charge in [-0.3, -0.25) is 19.3 Å². The molecule has 0 aliphatic rings. The molecule has 0 bridgehead atoms. The number of carboxylic acid groups (broad SMARTS) is 1. The number of carbonyl (C=O) groups excluding carboxylic acids is 2. The maximum atomic E-state index is 13.6. The van der Waals surface area contributed by atoms with Crippen LogP contribution in [0.25, 0.3) is 17.3 Å². The van der Waals surface area contributed by atoms with Crippen LogP contribution in [-0.2, 0) is 20.8 Å². The lowest BCUT2D eigenvalue weighted by atomic mass is 10.0. The number of benzene rings is 3. The molecule has 1 aromatic heterocycles. The highest BCUT2D eigenvalue weighted by Crippen LogP contribution is 2.29. The topological polar surface area (TPSA) is 125 Å². The van der Waals surface area contributed by atoms with Crippen LogP contribution in [0.3, 0.4) is 0 Å². The molecule has 3 aromatic carbocycles. The number of unbranched alkanes of at least 4 members (excludes halogenated alkanes) is 1. The van der Waals surface area contributed by atoms with Gasteiger partial charge in [-0.15, -0.1) is 0 Å². The van der Waals surface area contributed by atoms with E-state index in [9.17, 15) is 18.8 Å². The number of aryl methyl sites for hydroxylation is 1. The first-order valence-corrected chi connectivity index (χ1v) is 14.1. The molecule has 9 nitrogen and oxygen atoms in total. The van der Waals surface area contributed by atoms with E-state index < -0.39 is 11.8 Å². The van der Waals surface area contributed by atoms with E-state index in [-0.39, 0.29) is 12.8 Å². The van der Waals surface area contributed by atoms with E-state index in [0.29, 0.717) is 65.5 Å². The van der Waals surface area contributed by atoms with Gasteiger partial charge in [-0.1, -0.05) is 35.5 Å². The predicted octanol–water partition coefficient (Wildman–Crippen LogP) is 6.99. The second kappa shape index (κ2) is 15.2. The number of rotatable bonds is 14. The number of para-hydroxylation sites is 1. The van der Waals surface area contributed by atoms with Crippen molar-refractivity contribution >= 4 is 47.6 Å². The SMILES string of the molecule is CNc1ccccc1/C=C(\C=O)Cc1cc(-c2ccc(C)c(/N=C(/CCCCC(=O)O)N(C=O)c3ccc(F)cc3)c2)no1. The highest BCUT2D eigenvalue weighted by molar-refractivity contribution is 6.10. The Morgan fingerprint density at radius 1 is 1.05 bits per heavy atom. The van der Waals surface area contributed by atoms with Crippen molar-refractivity contribution in [2.24, 2.45) is 4.99 Å². The molecule has 1 heterocycles. The van der Waals surface area contributed by atoms with E-state index in [0.717, 1.165) is 23.1 Å². The molecule has 0 fully saturated rings. The molecule has 0 aliphatic heterocycles. The van der Waals surface area contributed by atoms with Crippen molar-refractivity contribution in [1.29, 1.82) is 0 Å². The number of carboxylic acids is 1. The van der Waals surface area contributed by atoms with Crippen LogP contribution in [0, 0.1) is 12.7 Å². The first-order chi connectivity index (χ1) is 21.3. The fourth-order valence-electron chi connectivity index (χ4n) is 4.60. The summed E-state index contributed by atoms with van der Waals surface area (Å²) in [5, 5.41) is 16.4. The van der Waals surface area contributed by atoms with Gasteiger partial charge in [0, 0.05) is 54.9 Å². The van der Waals surface area contributed by atoms with Gasteiger partial charge in [0.2, 0.25) is 6.41 Å². The van der Waals surface area contributed by atoms with E-state index in [1.165, 1.54) is 29.2 Å². The van der Waals surface area contributed by atoms with Crippen molar-refractivity contribution in [3.8, 4) is 11.3 Å². The number of carbonyl (C=O) groups is 3. The first kappa shape index (κ1) is 31.6. The van der Waals surface area contributed by atoms with Crippen LogP contribution in [0.5, 0.6) is 0 Å². The van der Waals surface area contributed by atoms with E-state index in [1.54, 1.807) is 12.1 Å². The standard InChI is InChI=1S/C34H33FN4O5/c1-23-11-12-26(32-20-29(44-38-32)18-24(21-40)17-25-7-3-4-8-30(25)36-2)19-31(23)37-33(9-5-6-10-34(42)43)39(22-41)28-15-13-27(35)14-16-28/h3-4,7-8,11-17,19-22,36H,5-6,9-10,18H2,1-2H3,(H,42,43)/b24-17-,37-33-. The number of aromatic nitrogens is 1. The van der Waals surface area contributed by atoms with Gasteiger partial charge in [0.25, 0.3) is 0 Å². The maximum Gasteiger partial charge on any atom is 0.303 e. The third kappa shape index (κ3) is 8.34. The number of nitrogens with one attached hydrogen (secondary N) is 1. The minimum absolute atomic E-state index is 0.00304. The molecular formula is C34H33FN4O5. The van der Waals surface area contributed by atoms with Crippen molar-refractivity contribution < 1.29 is 28.4 Å². The molecular weight excluding hydrogens is 563 g/mol. The monoisotopic (exact) mass is 596 g/mol. The molecule has 0 radical (unpaired) electrons.